The number of fused-ring (bicyclic) bond motifs is 2. The molecular formula is C25H29Cl2N3O3. The number of benzene rings is 2. The van der Waals surface area contributed by atoms with Crippen molar-refractivity contribution in [3.63, 3.8) is 0 Å². The molecule has 0 saturated carbocycles. The van der Waals surface area contributed by atoms with Crippen molar-refractivity contribution in [2.45, 2.75) is 63.7 Å². The van der Waals surface area contributed by atoms with Crippen LogP contribution in [0.5, 0.6) is 5.75 Å². The third kappa shape index (κ3) is 5.13. The summed E-state index contributed by atoms with van der Waals surface area (Å²) in [7, 11) is 1.50. The molecule has 0 atom stereocenters. The van der Waals surface area contributed by atoms with Gasteiger partial charge in [-0.3, -0.25) is 14.5 Å². The molecule has 2 bridgehead atoms. The quantitative estimate of drug-likeness (QED) is 0.551. The molecule has 2 aliphatic heterocycles. The summed E-state index contributed by atoms with van der Waals surface area (Å²) in [6.07, 6.45) is 6.19. The number of nitrogens with zero attached hydrogens (tertiary/aromatic N) is 1. The molecule has 2 aromatic carbocycles. The van der Waals surface area contributed by atoms with Crippen LogP contribution in [0.15, 0.2) is 36.4 Å². The van der Waals surface area contributed by atoms with Gasteiger partial charge in [0.2, 0.25) is 5.91 Å². The van der Waals surface area contributed by atoms with Crippen molar-refractivity contribution in [3.8, 4) is 5.75 Å². The fraction of sp³-hybridized carbons (Fsp3) is 0.440. The van der Waals surface area contributed by atoms with Crippen LogP contribution in [-0.2, 0) is 11.3 Å². The lowest BCUT2D eigenvalue weighted by atomic mass is 9.79. The number of methoxy groups -OCH3 is 1. The maximum absolute atomic E-state index is 13.5. The molecule has 2 aliphatic rings. The van der Waals surface area contributed by atoms with Crippen molar-refractivity contribution in [2.24, 2.45) is 0 Å². The van der Waals surface area contributed by atoms with Gasteiger partial charge >= 0.3 is 0 Å². The fourth-order valence-electron chi connectivity index (χ4n) is 5.21. The lowest BCUT2D eigenvalue weighted by molar-refractivity contribution is -0.114. The van der Waals surface area contributed by atoms with Gasteiger partial charge in [0.1, 0.15) is 5.75 Å². The zero-order valence-corrected chi connectivity index (χ0v) is 20.4. The number of carbonyl (C=O) groups is 2. The van der Waals surface area contributed by atoms with Gasteiger partial charge in [0.15, 0.2) is 0 Å². The number of hydrogen-bond acceptors (Lipinski definition) is 4. The van der Waals surface area contributed by atoms with Crippen LogP contribution in [0.4, 0.5) is 5.69 Å². The van der Waals surface area contributed by atoms with Crippen molar-refractivity contribution in [1.29, 1.82) is 0 Å². The zero-order valence-electron chi connectivity index (χ0n) is 18.9. The van der Waals surface area contributed by atoms with Gasteiger partial charge in [0, 0.05) is 30.6 Å². The van der Waals surface area contributed by atoms with Crippen LogP contribution >= 0.6 is 23.2 Å². The zero-order chi connectivity index (χ0) is 23.6. The van der Waals surface area contributed by atoms with Crippen molar-refractivity contribution in [2.75, 3.05) is 12.4 Å². The SMILES string of the molecule is COc1cc(NC(C)=O)c(Cl)cc1C(=O)NC12CCCC(CCC1)N2Cc1ccc(Cl)cc1. The molecule has 2 aromatic rings. The number of carbonyl (C=O) groups excluding carboxylic acids is 2. The number of hydrogen-bond donors (Lipinski definition) is 2. The summed E-state index contributed by atoms with van der Waals surface area (Å²) >= 11 is 12.4. The minimum atomic E-state index is -0.425. The first kappa shape index (κ1) is 23.9. The number of nitrogens with one attached hydrogen (secondary N) is 2. The fourth-order valence-corrected chi connectivity index (χ4v) is 5.54. The maximum Gasteiger partial charge on any atom is 0.256 e. The largest absolute Gasteiger partial charge is 0.496 e. The third-order valence-corrected chi connectivity index (χ3v) is 7.27. The van der Waals surface area contributed by atoms with E-state index in [1.807, 2.05) is 24.3 Å². The first-order valence-electron chi connectivity index (χ1n) is 11.3. The van der Waals surface area contributed by atoms with Gasteiger partial charge < -0.3 is 15.4 Å². The van der Waals surface area contributed by atoms with Crippen LogP contribution in [0, 0.1) is 0 Å². The van der Waals surface area contributed by atoms with Gasteiger partial charge in [0.05, 0.1) is 29.0 Å². The molecular weight excluding hydrogens is 461 g/mol. The summed E-state index contributed by atoms with van der Waals surface area (Å²) in [5.41, 5.74) is 1.51. The average molecular weight is 490 g/mol. The standard InChI is InChI=1S/C25H29Cl2N3O3/c1-16(31)28-22-14-23(33-2)20(13-21(22)27)24(32)29-25-11-3-5-19(6-4-12-25)30(25)15-17-7-9-18(26)10-8-17/h7-10,13-14,19H,3-6,11-12,15H2,1-2H3,(H,28,31)(H,29,32). The van der Waals surface area contributed by atoms with Crippen LogP contribution in [0.3, 0.4) is 0 Å². The van der Waals surface area contributed by atoms with E-state index in [0.29, 0.717) is 28.1 Å². The molecule has 2 fully saturated rings. The molecule has 6 nitrogen and oxygen atoms in total. The highest BCUT2D eigenvalue weighted by Gasteiger charge is 2.47. The lowest BCUT2D eigenvalue weighted by Crippen LogP contribution is -2.67. The van der Waals surface area contributed by atoms with Gasteiger partial charge in [0.25, 0.3) is 5.91 Å². The van der Waals surface area contributed by atoms with Crippen LogP contribution in [0.25, 0.3) is 0 Å². The Morgan fingerprint density at radius 1 is 1.12 bits per heavy atom. The Balaban J connectivity index is 1.62. The van der Waals surface area contributed by atoms with Gasteiger partial charge in [-0.15, -0.1) is 0 Å². The molecule has 0 aliphatic carbocycles. The van der Waals surface area contributed by atoms with Crippen LogP contribution in [-0.4, -0.2) is 35.5 Å². The molecule has 33 heavy (non-hydrogen) atoms. The first-order valence-corrected chi connectivity index (χ1v) is 12.1. The Bertz CT molecular complexity index is 1030. The van der Waals surface area contributed by atoms with Crippen molar-refractivity contribution < 1.29 is 14.3 Å². The second-order valence-electron chi connectivity index (χ2n) is 8.89. The van der Waals surface area contributed by atoms with Gasteiger partial charge in [-0.1, -0.05) is 35.3 Å². The number of halogens is 2. The lowest BCUT2D eigenvalue weighted by Gasteiger charge is -2.55. The summed E-state index contributed by atoms with van der Waals surface area (Å²) in [4.78, 5) is 27.5. The van der Waals surface area contributed by atoms with Crippen molar-refractivity contribution in [1.82, 2.24) is 10.2 Å². The molecule has 2 amide bonds. The number of anilines is 1. The summed E-state index contributed by atoms with van der Waals surface area (Å²) < 4.78 is 5.47. The van der Waals surface area contributed by atoms with Gasteiger partial charge in [-0.05, 0) is 62.3 Å². The minimum absolute atomic E-state index is 0.230. The second kappa shape index (κ2) is 9.92. The molecule has 8 heteroatoms. The molecule has 4 rings (SSSR count). The van der Waals surface area contributed by atoms with E-state index in [1.54, 1.807) is 12.1 Å². The van der Waals surface area contributed by atoms with E-state index in [0.717, 1.165) is 45.1 Å². The Labute approximate surface area is 204 Å². The van der Waals surface area contributed by atoms with E-state index in [4.69, 9.17) is 27.9 Å². The van der Waals surface area contributed by atoms with Crippen LogP contribution in [0.1, 0.15) is 61.4 Å². The Morgan fingerprint density at radius 3 is 2.39 bits per heavy atom. The van der Waals surface area contributed by atoms with E-state index in [2.05, 4.69) is 15.5 Å². The third-order valence-electron chi connectivity index (χ3n) is 6.70. The molecule has 0 unspecified atom stereocenters. The van der Waals surface area contributed by atoms with Crippen LogP contribution < -0.4 is 15.4 Å². The monoisotopic (exact) mass is 489 g/mol. The Morgan fingerprint density at radius 2 is 1.79 bits per heavy atom. The molecule has 0 radical (unpaired) electrons. The normalized spacial score (nSPS) is 22.5. The maximum atomic E-state index is 13.5. The number of amides is 2. The van der Waals surface area contributed by atoms with Gasteiger partial charge in [-0.25, -0.2) is 0 Å². The molecule has 2 heterocycles. The van der Waals surface area contributed by atoms with Crippen molar-refractivity contribution in [3.05, 3.63) is 57.6 Å². The summed E-state index contributed by atoms with van der Waals surface area (Å²) in [6, 6.07) is 11.5. The predicted octanol–water partition coefficient (Wildman–Crippen LogP) is 5.63. The highest BCUT2D eigenvalue weighted by atomic mass is 35.5. The summed E-state index contributed by atoms with van der Waals surface area (Å²) in [5.74, 6) is -0.111. The second-order valence-corrected chi connectivity index (χ2v) is 9.74. The van der Waals surface area contributed by atoms with E-state index in [1.165, 1.54) is 19.6 Å². The minimum Gasteiger partial charge on any atom is -0.496 e. The van der Waals surface area contributed by atoms with E-state index in [-0.39, 0.29) is 16.8 Å². The summed E-state index contributed by atoms with van der Waals surface area (Å²) in [5, 5.41) is 7.03. The molecule has 176 valence electrons. The number of ether oxygens (including phenoxy) is 1. The number of piperidine rings is 2. The Kier molecular flexibility index (Phi) is 7.17. The highest BCUT2D eigenvalue weighted by molar-refractivity contribution is 6.34. The molecule has 2 saturated heterocycles. The topological polar surface area (TPSA) is 70.7 Å². The van der Waals surface area contributed by atoms with Crippen molar-refractivity contribution >= 4 is 40.7 Å². The van der Waals surface area contributed by atoms with E-state index >= 15 is 0 Å². The van der Waals surface area contributed by atoms with Gasteiger partial charge in [-0.2, -0.15) is 0 Å². The molecule has 0 aromatic heterocycles. The first-order chi connectivity index (χ1) is 15.8. The van der Waals surface area contributed by atoms with E-state index < -0.39 is 5.66 Å². The smallest absolute Gasteiger partial charge is 0.256 e. The summed E-state index contributed by atoms with van der Waals surface area (Å²) in [6.45, 7) is 2.15. The molecule has 2 N–H and O–H groups in total. The predicted molar refractivity (Wildman–Crippen MR) is 131 cm³/mol. The number of rotatable bonds is 6. The highest BCUT2D eigenvalue weighted by Crippen LogP contribution is 2.42. The Hall–Kier alpha value is -2.28. The van der Waals surface area contributed by atoms with Crippen LogP contribution in [0.2, 0.25) is 10.0 Å². The molecule has 0 spiro atoms. The van der Waals surface area contributed by atoms with E-state index in [9.17, 15) is 9.59 Å². The average Bonchev–Trinajstić information content (AvgIpc) is 2.76.